The number of ether oxygens (including phenoxy) is 2. The van der Waals surface area contributed by atoms with Crippen molar-refractivity contribution in [2.45, 2.75) is 17.6 Å². The smallest absolute Gasteiger partial charge is 0.252 e. The fourth-order valence-electron chi connectivity index (χ4n) is 2.58. The van der Waals surface area contributed by atoms with Gasteiger partial charge in [-0.25, -0.2) is 4.98 Å². The van der Waals surface area contributed by atoms with Crippen molar-refractivity contribution in [2.24, 2.45) is 10.7 Å². The van der Waals surface area contributed by atoms with Gasteiger partial charge in [-0.05, 0) is 19.1 Å². The first-order valence-electron chi connectivity index (χ1n) is 9.09. The van der Waals surface area contributed by atoms with E-state index in [1.54, 1.807) is 44.2 Å². The molecule has 0 bridgehead atoms. The molecule has 4 N–H and O–H groups in total. The SMILES string of the molecule is COc1cc(N/C(N)=N/c2nc(CSc3ccc(C)cc3)cc(=O)[nH]2)cc(OC)c1. The molecule has 3 aromatic rings. The summed E-state index contributed by atoms with van der Waals surface area (Å²) in [6.07, 6.45) is 0. The molecule has 0 amide bonds. The fraction of sp³-hybridized carbons (Fsp3) is 0.190. The van der Waals surface area contributed by atoms with Crippen LogP contribution in [-0.2, 0) is 5.75 Å². The van der Waals surface area contributed by atoms with E-state index in [0.717, 1.165) is 4.90 Å². The highest BCUT2D eigenvalue weighted by Crippen LogP contribution is 2.26. The first-order chi connectivity index (χ1) is 14.4. The minimum Gasteiger partial charge on any atom is -0.497 e. The molecule has 1 aromatic heterocycles. The van der Waals surface area contributed by atoms with Crippen LogP contribution in [0.15, 0.2) is 63.2 Å². The van der Waals surface area contributed by atoms with Gasteiger partial charge in [0.25, 0.3) is 5.56 Å². The number of aromatic amines is 1. The summed E-state index contributed by atoms with van der Waals surface area (Å²) in [7, 11) is 3.12. The van der Waals surface area contributed by atoms with Gasteiger partial charge in [0.2, 0.25) is 11.9 Å². The van der Waals surface area contributed by atoms with Gasteiger partial charge in [-0.2, -0.15) is 4.99 Å². The van der Waals surface area contributed by atoms with Crippen LogP contribution in [0, 0.1) is 6.92 Å². The van der Waals surface area contributed by atoms with Crippen LogP contribution in [0.1, 0.15) is 11.3 Å². The van der Waals surface area contributed by atoms with Crippen LogP contribution in [-0.4, -0.2) is 30.1 Å². The lowest BCUT2D eigenvalue weighted by Gasteiger charge is -2.10. The highest BCUT2D eigenvalue weighted by Gasteiger charge is 2.06. The maximum atomic E-state index is 12.0. The standard InChI is InChI=1S/C21H23N5O3S/c1-13-4-6-18(7-5-13)30-12-15-10-19(27)25-21(24-15)26-20(22)23-14-8-16(28-2)11-17(9-14)29-3/h4-11H,12H2,1-3H3,(H4,22,23,24,25,26,27). The number of H-pyrrole nitrogens is 1. The summed E-state index contributed by atoms with van der Waals surface area (Å²) >= 11 is 1.59. The second-order valence-corrected chi connectivity index (χ2v) is 7.43. The molecule has 0 unspecified atom stereocenters. The largest absolute Gasteiger partial charge is 0.497 e. The molecular formula is C21H23N5O3S. The first kappa shape index (κ1) is 21.3. The summed E-state index contributed by atoms with van der Waals surface area (Å²) in [5.74, 6) is 1.94. The third-order valence-corrected chi connectivity index (χ3v) is 5.09. The predicted octanol–water partition coefficient (Wildman–Crippen LogP) is 3.45. The third-order valence-electron chi connectivity index (χ3n) is 4.04. The average Bonchev–Trinajstić information content (AvgIpc) is 2.72. The summed E-state index contributed by atoms with van der Waals surface area (Å²) in [6.45, 7) is 2.04. The second-order valence-electron chi connectivity index (χ2n) is 6.39. The number of nitrogens with two attached hydrogens (primary N) is 1. The molecule has 0 fully saturated rings. The zero-order chi connectivity index (χ0) is 21.5. The van der Waals surface area contributed by atoms with Gasteiger partial charge in [0.05, 0.1) is 19.9 Å². The Morgan fingerprint density at radius 2 is 1.80 bits per heavy atom. The molecule has 2 aromatic carbocycles. The molecule has 0 saturated carbocycles. The Morgan fingerprint density at radius 3 is 2.43 bits per heavy atom. The lowest BCUT2D eigenvalue weighted by atomic mass is 10.2. The summed E-state index contributed by atoms with van der Waals surface area (Å²) < 4.78 is 10.5. The van der Waals surface area contributed by atoms with E-state index >= 15 is 0 Å². The number of guanidine groups is 1. The van der Waals surface area contributed by atoms with Gasteiger partial charge in [-0.3, -0.25) is 9.78 Å². The van der Waals surface area contributed by atoms with E-state index in [-0.39, 0.29) is 17.5 Å². The molecule has 0 aliphatic carbocycles. The van der Waals surface area contributed by atoms with E-state index in [2.05, 4.69) is 20.3 Å². The number of anilines is 1. The lowest BCUT2D eigenvalue weighted by Crippen LogP contribution is -2.22. The van der Waals surface area contributed by atoms with Crippen molar-refractivity contribution in [2.75, 3.05) is 19.5 Å². The van der Waals surface area contributed by atoms with E-state index in [0.29, 0.717) is 28.6 Å². The molecule has 3 rings (SSSR count). The minimum absolute atomic E-state index is 0.0665. The minimum atomic E-state index is -0.292. The van der Waals surface area contributed by atoms with Gasteiger partial charge >= 0.3 is 0 Å². The Kier molecular flexibility index (Phi) is 6.97. The Bertz CT molecular complexity index is 1070. The van der Waals surface area contributed by atoms with E-state index in [1.807, 2.05) is 31.2 Å². The molecule has 0 saturated heterocycles. The Labute approximate surface area is 178 Å². The molecule has 0 spiro atoms. The van der Waals surface area contributed by atoms with Crippen molar-refractivity contribution < 1.29 is 9.47 Å². The molecule has 0 aliphatic rings. The number of hydrogen-bond donors (Lipinski definition) is 3. The molecule has 0 aliphatic heterocycles. The fourth-order valence-corrected chi connectivity index (χ4v) is 3.37. The molecule has 30 heavy (non-hydrogen) atoms. The maximum Gasteiger partial charge on any atom is 0.252 e. The van der Waals surface area contributed by atoms with Crippen molar-refractivity contribution in [3.8, 4) is 11.5 Å². The molecule has 0 atom stereocenters. The van der Waals surface area contributed by atoms with E-state index < -0.39 is 0 Å². The second kappa shape index (κ2) is 9.84. The van der Waals surface area contributed by atoms with Gasteiger partial charge in [0.1, 0.15) is 11.5 Å². The number of benzene rings is 2. The molecular weight excluding hydrogens is 402 g/mol. The van der Waals surface area contributed by atoms with Crippen LogP contribution in [0.2, 0.25) is 0 Å². The number of nitrogens with zero attached hydrogens (tertiary/aromatic N) is 2. The molecule has 0 radical (unpaired) electrons. The number of nitrogens with one attached hydrogen (secondary N) is 2. The summed E-state index contributed by atoms with van der Waals surface area (Å²) in [6, 6.07) is 14.9. The van der Waals surface area contributed by atoms with Gasteiger partial charge in [-0.15, -0.1) is 11.8 Å². The van der Waals surface area contributed by atoms with Crippen molar-refractivity contribution >= 4 is 29.4 Å². The van der Waals surface area contributed by atoms with Crippen LogP contribution in [0.5, 0.6) is 11.5 Å². The number of aryl methyl sites for hydroxylation is 1. The number of hydrogen-bond acceptors (Lipinski definition) is 6. The van der Waals surface area contributed by atoms with E-state index in [1.165, 1.54) is 11.6 Å². The molecule has 156 valence electrons. The summed E-state index contributed by atoms with van der Waals surface area (Å²) in [4.78, 5) is 24.2. The number of aliphatic imine (C=N–C) groups is 1. The molecule has 1 heterocycles. The van der Waals surface area contributed by atoms with Crippen LogP contribution in [0.4, 0.5) is 11.6 Å². The third kappa shape index (κ3) is 6.02. The van der Waals surface area contributed by atoms with Gasteiger partial charge in [0, 0.05) is 40.6 Å². The summed E-state index contributed by atoms with van der Waals surface area (Å²) in [5, 5.41) is 2.94. The van der Waals surface area contributed by atoms with Gasteiger partial charge in [-0.1, -0.05) is 17.7 Å². The maximum absolute atomic E-state index is 12.0. The first-order valence-corrected chi connectivity index (χ1v) is 10.1. The van der Waals surface area contributed by atoms with Crippen molar-refractivity contribution in [1.82, 2.24) is 9.97 Å². The topological polar surface area (TPSA) is 115 Å². The molecule has 9 heteroatoms. The highest BCUT2D eigenvalue weighted by molar-refractivity contribution is 7.98. The van der Waals surface area contributed by atoms with Crippen molar-refractivity contribution in [3.05, 3.63) is 70.1 Å². The number of thioether (sulfide) groups is 1. The lowest BCUT2D eigenvalue weighted by molar-refractivity contribution is 0.395. The van der Waals surface area contributed by atoms with Crippen LogP contribution in [0.3, 0.4) is 0 Å². The van der Waals surface area contributed by atoms with Crippen LogP contribution < -0.4 is 26.1 Å². The Balaban J connectivity index is 1.74. The number of rotatable bonds is 7. The normalized spacial score (nSPS) is 11.2. The quantitative estimate of drug-likeness (QED) is 0.302. The van der Waals surface area contributed by atoms with E-state index in [9.17, 15) is 4.79 Å². The monoisotopic (exact) mass is 425 g/mol. The summed E-state index contributed by atoms with van der Waals surface area (Å²) in [5.41, 5.74) is 8.13. The number of aromatic nitrogens is 2. The Morgan fingerprint density at radius 1 is 1.13 bits per heavy atom. The van der Waals surface area contributed by atoms with Crippen molar-refractivity contribution in [1.29, 1.82) is 0 Å². The zero-order valence-corrected chi connectivity index (χ0v) is 17.7. The average molecular weight is 426 g/mol. The Hall–Kier alpha value is -3.46. The highest BCUT2D eigenvalue weighted by atomic mass is 32.2. The predicted molar refractivity (Wildman–Crippen MR) is 120 cm³/mol. The van der Waals surface area contributed by atoms with Crippen molar-refractivity contribution in [3.63, 3.8) is 0 Å². The van der Waals surface area contributed by atoms with Gasteiger partial charge < -0.3 is 20.5 Å². The van der Waals surface area contributed by atoms with Gasteiger partial charge in [0.15, 0.2) is 0 Å². The number of methoxy groups -OCH3 is 2. The zero-order valence-electron chi connectivity index (χ0n) is 16.9. The molecule has 8 nitrogen and oxygen atoms in total. The van der Waals surface area contributed by atoms with Crippen LogP contribution in [0.25, 0.3) is 0 Å². The van der Waals surface area contributed by atoms with Crippen LogP contribution >= 0.6 is 11.8 Å². The van der Waals surface area contributed by atoms with E-state index in [4.69, 9.17) is 15.2 Å².